The van der Waals surface area contributed by atoms with Gasteiger partial charge in [-0.05, 0) is 52.0 Å². The van der Waals surface area contributed by atoms with Crippen LogP contribution in [0.25, 0.3) is 0 Å². The average Bonchev–Trinajstić information content (AvgIpc) is 2.49. The Bertz CT molecular complexity index is 619. The lowest BCUT2D eigenvalue weighted by molar-refractivity contribution is -0.133. The van der Waals surface area contributed by atoms with E-state index >= 15 is 0 Å². The first-order chi connectivity index (χ1) is 10.6. The van der Waals surface area contributed by atoms with Crippen molar-refractivity contribution < 1.29 is 19.9 Å². The maximum Gasteiger partial charge on any atom is 0.268 e. The van der Waals surface area contributed by atoms with Gasteiger partial charge in [-0.25, -0.2) is 5.48 Å². The summed E-state index contributed by atoms with van der Waals surface area (Å²) < 4.78 is 0. The summed E-state index contributed by atoms with van der Waals surface area (Å²) >= 11 is 0. The quantitative estimate of drug-likeness (QED) is 0.379. The van der Waals surface area contributed by atoms with Crippen molar-refractivity contribution in [2.24, 2.45) is 5.41 Å². The van der Waals surface area contributed by atoms with E-state index in [0.29, 0.717) is 5.56 Å². The van der Waals surface area contributed by atoms with Crippen molar-refractivity contribution in [2.75, 3.05) is 0 Å². The van der Waals surface area contributed by atoms with Crippen LogP contribution in [0.1, 0.15) is 43.6 Å². The van der Waals surface area contributed by atoms with Crippen LogP contribution < -0.4 is 10.8 Å². The number of nitrogens with one attached hydrogen (secondary N) is 2. The maximum absolute atomic E-state index is 12.1. The Morgan fingerprint density at radius 3 is 2.17 bits per heavy atom. The molecule has 0 aromatic heterocycles. The molecule has 4 N–H and O–H groups in total. The number of hydrogen-bond donors (Lipinski definition) is 4. The first-order valence-corrected chi connectivity index (χ1v) is 7.20. The molecule has 0 spiro atoms. The molecule has 0 heterocycles. The Kier molecular flexibility index (Phi) is 6.31. The molecule has 23 heavy (non-hydrogen) atoms. The number of hydroxylamine groups is 1. The van der Waals surface area contributed by atoms with Gasteiger partial charge in [-0.15, -0.1) is 0 Å². The van der Waals surface area contributed by atoms with Gasteiger partial charge in [0.05, 0.1) is 6.10 Å². The van der Waals surface area contributed by atoms with Gasteiger partial charge < -0.3 is 10.4 Å². The van der Waals surface area contributed by atoms with Crippen LogP contribution in [-0.2, 0) is 4.79 Å². The van der Waals surface area contributed by atoms with Crippen LogP contribution in [0.2, 0.25) is 0 Å². The van der Waals surface area contributed by atoms with E-state index < -0.39 is 24.0 Å². The van der Waals surface area contributed by atoms with E-state index in [1.54, 1.807) is 24.3 Å². The first kappa shape index (κ1) is 18.7. The number of hydrogen-bond acceptors (Lipinski definition) is 4. The summed E-state index contributed by atoms with van der Waals surface area (Å²) in [5.41, 5.74) is 2.39. The molecule has 1 rings (SSSR count). The predicted molar refractivity (Wildman–Crippen MR) is 85.6 cm³/mol. The summed E-state index contributed by atoms with van der Waals surface area (Å²) in [6, 6.07) is 5.33. The SMILES string of the molecule is C[C@@H](O)[C@H](NC(=O)c1ccc(C#CC(C)(C)C)cc1)C(=O)NO. The third kappa shape index (κ3) is 6.10. The van der Waals surface area contributed by atoms with Crippen LogP contribution in [-0.4, -0.2) is 34.3 Å². The van der Waals surface area contributed by atoms with Gasteiger partial charge >= 0.3 is 0 Å². The summed E-state index contributed by atoms with van der Waals surface area (Å²) in [6.07, 6.45) is -1.15. The van der Waals surface area contributed by atoms with E-state index in [1.807, 2.05) is 20.8 Å². The smallest absolute Gasteiger partial charge is 0.268 e. The van der Waals surface area contributed by atoms with E-state index in [1.165, 1.54) is 12.4 Å². The van der Waals surface area contributed by atoms with Crippen LogP contribution in [0.15, 0.2) is 24.3 Å². The lowest BCUT2D eigenvalue weighted by atomic mass is 9.97. The van der Waals surface area contributed by atoms with E-state index in [4.69, 9.17) is 5.21 Å². The molecule has 0 unspecified atom stereocenters. The Labute approximate surface area is 135 Å². The monoisotopic (exact) mass is 318 g/mol. The second-order valence-electron chi connectivity index (χ2n) is 6.25. The van der Waals surface area contributed by atoms with E-state index in [2.05, 4.69) is 17.2 Å². The molecule has 2 amide bonds. The number of benzene rings is 1. The molecule has 6 heteroatoms. The number of rotatable bonds is 4. The summed E-state index contributed by atoms with van der Waals surface area (Å²) in [4.78, 5) is 23.5. The lowest BCUT2D eigenvalue weighted by Crippen LogP contribution is -2.51. The normalized spacial score (nSPS) is 13.3. The molecule has 0 fully saturated rings. The van der Waals surface area contributed by atoms with Crippen LogP contribution in [0, 0.1) is 17.3 Å². The molecule has 0 saturated heterocycles. The molecular weight excluding hydrogens is 296 g/mol. The van der Waals surface area contributed by atoms with Crippen molar-refractivity contribution in [3.8, 4) is 11.8 Å². The molecule has 0 aliphatic carbocycles. The Morgan fingerprint density at radius 2 is 1.74 bits per heavy atom. The molecule has 1 aromatic carbocycles. The summed E-state index contributed by atoms with van der Waals surface area (Å²) in [6.45, 7) is 7.35. The molecule has 0 aliphatic rings. The van der Waals surface area contributed by atoms with E-state index in [0.717, 1.165) is 5.56 Å². The van der Waals surface area contributed by atoms with Crippen molar-refractivity contribution in [1.82, 2.24) is 10.8 Å². The second kappa shape index (κ2) is 7.77. The van der Waals surface area contributed by atoms with Gasteiger partial charge in [-0.2, -0.15) is 0 Å². The number of carbonyl (C=O) groups excluding carboxylic acids is 2. The molecule has 0 radical (unpaired) electrons. The van der Waals surface area contributed by atoms with Gasteiger partial charge in [0.2, 0.25) is 0 Å². The van der Waals surface area contributed by atoms with Gasteiger partial charge in [-0.3, -0.25) is 14.8 Å². The Morgan fingerprint density at radius 1 is 1.17 bits per heavy atom. The zero-order valence-corrected chi connectivity index (χ0v) is 13.7. The Balaban J connectivity index is 2.85. The van der Waals surface area contributed by atoms with Crippen LogP contribution >= 0.6 is 0 Å². The van der Waals surface area contributed by atoms with Crippen molar-refractivity contribution in [2.45, 2.75) is 39.8 Å². The van der Waals surface area contributed by atoms with E-state index in [9.17, 15) is 14.7 Å². The number of amides is 2. The van der Waals surface area contributed by atoms with Crippen molar-refractivity contribution in [3.05, 3.63) is 35.4 Å². The molecule has 0 bridgehead atoms. The third-order valence-corrected chi connectivity index (χ3v) is 2.89. The topological polar surface area (TPSA) is 98.7 Å². The number of aliphatic hydroxyl groups is 1. The van der Waals surface area contributed by atoms with Gasteiger partial charge in [0, 0.05) is 16.5 Å². The molecule has 124 valence electrons. The standard InChI is InChI=1S/C17H22N2O4/c1-11(20)14(16(22)19-23)18-15(21)13-7-5-12(6-8-13)9-10-17(2,3)4/h5-8,11,14,20,23H,1-4H3,(H,18,21)(H,19,22)/t11-,14+/m1/s1. The molecule has 0 aliphatic heterocycles. The van der Waals surface area contributed by atoms with Gasteiger partial charge in [-0.1, -0.05) is 11.8 Å². The molecule has 2 atom stereocenters. The highest BCUT2D eigenvalue weighted by Crippen LogP contribution is 2.11. The summed E-state index contributed by atoms with van der Waals surface area (Å²) in [7, 11) is 0. The largest absolute Gasteiger partial charge is 0.391 e. The molecule has 1 aromatic rings. The summed E-state index contributed by atoms with van der Waals surface area (Å²) in [5.74, 6) is 4.69. The highest BCUT2D eigenvalue weighted by molar-refractivity contribution is 5.97. The number of aliphatic hydroxyl groups excluding tert-OH is 1. The predicted octanol–water partition coefficient (Wildman–Crippen LogP) is 1.07. The second-order valence-corrected chi connectivity index (χ2v) is 6.25. The van der Waals surface area contributed by atoms with Crippen molar-refractivity contribution >= 4 is 11.8 Å². The third-order valence-electron chi connectivity index (χ3n) is 2.89. The van der Waals surface area contributed by atoms with E-state index in [-0.39, 0.29) is 5.41 Å². The molecule has 6 nitrogen and oxygen atoms in total. The molecule has 0 saturated carbocycles. The average molecular weight is 318 g/mol. The fraction of sp³-hybridized carbons (Fsp3) is 0.412. The zero-order chi connectivity index (χ0) is 17.6. The highest BCUT2D eigenvalue weighted by atomic mass is 16.5. The highest BCUT2D eigenvalue weighted by Gasteiger charge is 2.25. The van der Waals surface area contributed by atoms with Gasteiger partial charge in [0.15, 0.2) is 0 Å². The first-order valence-electron chi connectivity index (χ1n) is 7.20. The minimum Gasteiger partial charge on any atom is -0.391 e. The minimum absolute atomic E-state index is 0.113. The fourth-order valence-corrected chi connectivity index (χ4v) is 1.66. The van der Waals surface area contributed by atoms with Crippen molar-refractivity contribution in [3.63, 3.8) is 0 Å². The summed E-state index contributed by atoms with van der Waals surface area (Å²) in [5, 5.41) is 20.5. The number of carbonyl (C=O) groups is 2. The van der Waals surface area contributed by atoms with Crippen LogP contribution in [0.4, 0.5) is 0 Å². The zero-order valence-electron chi connectivity index (χ0n) is 13.7. The Hall–Kier alpha value is -2.36. The van der Waals surface area contributed by atoms with Gasteiger partial charge in [0.25, 0.3) is 11.8 Å². The van der Waals surface area contributed by atoms with Crippen molar-refractivity contribution in [1.29, 1.82) is 0 Å². The van der Waals surface area contributed by atoms with Crippen LogP contribution in [0.5, 0.6) is 0 Å². The van der Waals surface area contributed by atoms with Crippen LogP contribution in [0.3, 0.4) is 0 Å². The fourth-order valence-electron chi connectivity index (χ4n) is 1.66. The maximum atomic E-state index is 12.1. The molecular formula is C17H22N2O4. The lowest BCUT2D eigenvalue weighted by Gasteiger charge is -2.19. The van der Waals surface area contributed by atoms with Gasteiger partial charge in [0.1, 0.15) is 6.04 Å². The minimum atomic E-state index is -1.24.